The van der Waals surface area contributed by atoms with Crippen LogP contribution in [0.5, 0.6) is 0 Å². The first-order chi connectivity index (χ1) is 14.3. The van der Waals surface area contributed by atoms with Gasteiger partial charge < -0.3 is 5.11 Å². The van der Waals surface area contributed by atoms with E-state index in [4.69, 9.17) is 11.6 Å². The first-order valence-electron chi connectivity index (χ1n) is 8.98. The van der Waals surface area contributed by atoms with Crippen molar-refractivity contribution in [3.8, 4) is 0 Å². The van der Waals surface area contributed by atoms with E-state index in [0.717, 1.165) is 12.1 Å². The Balaban J connectivity index is 1.88. The minimum absolute atomic E-state index is 0.190. The van der Waals surface area contributed by atoms with E-state index < -0.39 is 28.8 Å². The minimum atomic E-state index is -1.98. The van der Waals surface area contributed by atoms with Crippen LogP contribution in [0.15, 0.2) is 53.8 Å². The first kappa shape index (κ1) is 20.1. The Kier molecular flexibility index (Phi) is 5.08. The Morgan fingerprint density at radius 3 is 2.73 bits per heavy atom. The van der Waals surface area contributed by atoms with Crippen LogP contribution >= 0.6 is 11.6 Å². The molecule has 2 unspecified atom stereocenters. The van der Waals surface area contributed by atoms with Crippen molar-refractivity contribution in [1.82, 2.24) is 24.7 Å². The molecule has 0 spiro atoms. The maximum Gasteiger partial charge on any atom is 0.261 e. The number of hydrogen-bond donors (Lipinski definition) is 2. The molecule has 2 aromatic carbocycles. The van der Waals surface area contributed by atoms with Crippen LogP contribution in [0, 0.1) is 11.6 Å². The summed E-state index contributed by atoms with van der Waals surface area (Å²) in [5.41, 5.74) is -2.23. The summed E-state index contributed by atoms with van der Waals surface area (Å²) in [6, 6.07) is 6.49. The molecule has 2 aromatic heterocycles. The normalized spacial score (nSPS) is 14.6. The van der Waals surface area contributed by atoms with Gasteiger partial charge in [-0.25, -0.2) is 18.7 Å². The molecule has 0 aliphatic carbocycles. The van der Waals surface area contributed by atoms with E-state index in [2.05, 4.69) is 20.2 Å². The zero-order chi connectivity index (χ0) is 21.5. The van der Waals surface area contributed by atoms with Crippen molar-refractivity contribution in [2.24, 2.45) is 0 Å². The second-order valence-corrected chi connectivity index (χ2v) is 7.37. The van der Waals surface area contributed by atoms with Gasteiger partial charge in [-0.2, -0.15) is 5.10 Å². The molecule has 0 radical (unpaired) electrons. The highest BCUT2D eigenvalue weighted by Crippen LogP contribution is 2.37. The van der Waals surface area contributed by atoms with E-state index in [9.17, 15) is 18.7 Å². The number of fused-ring (bicyclic) bond motifs is 1. The fraction of sp³-hybridized carbons (Fsp3) is 0.200. The lowest BCUT2D eigenvalue weighted by Gasteiger charge is -2.35. The lowest BCUT2D eigenvalue weighted by molar-refractivity contribution is -0.0172. The number of nitrogens with one attached hydrogen (secondary N) is 1. The molecule has 0 aliphatic heterocycles. The largest absolute Gasteiger partial charge is 0.382 e. The highest BCUT2D eigenvalue weighted by Gasteiger charge is 2.41. The van der Waals surface area contributed by atoms with Gasteiger partial charge in [-0.1, -0.05) is 17.7 Å². The third-order valence-corrected chi connectivity index (χ3v) is 5.38. The standard InChI is InChI=1S/C20H16ClF2N5O2/c1-11(28-10-25-17-6-12(21)2-4-14(17)19(28)29)20(30,8-18-24-9-26-27-18)15-5-3-13(22)7-16(15)23/h2-7,9-11,30H,8H2,1H3,(H,24,26,27). The molecule has 0 saturated heterocycles. The topological polar surface area (TPSA) is 96.7 Å². The van der Waals surface area contributed by atoms with E-state index in [1.54, 1.807) is 19.1 Å². The van der Waals surface area contributed by atoms with Crippen LogP contribution < -0.4 is 5.56 Å². The molecule has 2 atom stereocenters. The summed E-state index contributed by atoms with van der Waals surface area (Å²) in [6.45, 7) is 1.54. The summed E-state index contributed by atoms with van der Waals surface area (Å²) in [5, 5.41) is 18.8. The predicted molar refractivity (Wildman–Crippen MR) is 106 cm³/mol. The minimum Gasteiger partial charge on any atom is -0.382 e. The highest BCUT2D eigenvalue weighted by molar-refractivity contribution is 6.31. The molecule has 30 heavy (non-hydrogen) atoms. The first-order valence-corrected chi connectivity index (χ1v) is 9.36. The van der Waals surface area contributed by atoms with E-state index in [1.807, 2.05) is 0 Å². The second-order valence-electron chi connectivity index (χ2n) is 6.93. The van der Waals surface area contributed by atoms with Gasteiger partial charge in [-0.05, 0) is 31.2 Å². The highest BCUT2D eigenvalue weighted by atomic mass is 35.5. The quantitative estimate of drug-likeness (QED) is 0.506. The maximum atomic E-state index is 14.7. The Morgan fingerprint density at radius 1 is 1.23 bits per heavy atom. The number of hydrogen-bond acceptors (Lipinski definition) is 5. The molecule has 7 nitrogen and oxygen atoms in total. The number of halogens is 3. The number of H-pyrrole nitrogens is 1. The van der Waals surface area contributed by atoms with Gasteiger partial charge in [-0.15, -0.1) is 0 Å². The lowest BCUT2D eigenvalue weighted by Crippen LogP contribution is -2.42. The molecule has 0 amide bonds. The van der Waals surface area contributed by atoms with Gasteiger partial charge in [0.05, 0.1) is 23.3 Å². The number of nitrogens with zero attached hydrogens (tertiary/aromatic N) is 4. The molecule has 4 rings (SSSR count). The van der Waals surface area contributed by atoms with Gasteiger partial charge in [0, 0.05) is 23.1 Å². The Labute approximate surface area is 174 Å². The molecule has 0 saturated carbocycles. The predicted octanol–water partition coefficient (Wildman–Crippen LogP) is 3.14. The lowest BCUT2D eigenvalue weighted by atomic mass is 9.83. The van der Waals surface area contributed by atoms with E-state index in [0.29, 0.717) is 16.6 Å². The second kappa shape index (κ2) is 7.58. The van der Waals surface area contributed by atoms with Crippen LogP contribution in [0.25, 0.3) is 10.9 Å². The molecule has 0 aliphatic rings. The van der Waals surface area contributed by atoms with Gasteiger partial charge in [0.25, 0.3) is 5.56 Å². The Hall–Kier alpha value is -3.17. The maximum absolute atomic E-state index is 14.7. The molecule has 4 aromatic rings. The molecular weight excluding hydrogens is 416 g/mol. The Morgan fingerprint density at radius 2 is 2.03 bits per heavy atom. The summed E-state index contributed by atoms with van der Waals surface area (Å²) >= 11 is 5.96. The van der Waals surface area contributed by atoms with Crippen molar-refractivity contribution in [3.63, 3.8) is 0 Å². The van der Waals surface area contributed by atoms with Crippen LogP contribution in [0.1, 0.15) is 24.4 Å². The Bertz CT molecular complexity index is 1280. The van der Waals surface area contributed by atoms with Crippen LogP contribution in [-0.4, -0.2) is 29.8 Å². The average Bonchev–Trinajstić information content (AvgIpc) is 3.20. The summed E-state index contributed by atoms with van der Waals surface area (Å²) in [6.07, 6.45) is 2.34. The fourth-order valence-corrected chi connectivity index (χ4v) is 3.65. The van der Waals surface area contributed by atoms with E-state index in [-0.39, 0.29) is 23.2 Å². The summed E-state index contributed by atoms with van der Waals surface area (Å²) in [7, 11) is 0. The molecule has 0 bridgehead atoms. The number of benzene rings is 2. The van der Waals surface area contributed by atoms with Crippen molar-refractivity contribution >= 4 is 22.5 Å². The number of aromatic amines is 1. The molecule has 154 valence electrons. The van der Waals surface area contributed by atoms with Crippen LogP contribution in [0.4, 0.5) is 8.78 Å². The smallest absolute Gasteiger partial charge is 0.261 e. The SMILES string of the molecule is CC(n1cnc2cc(Cl)ccc2c1=O)C(O)(Cc1nc[nH]n1)c1ccc(F)cc1F. The summed E-state index contributed by atoms with van der Waals surface area (Å²) in [4.78, 5) is 21.3. The van der Waals surface area contributed by atoms with E-state index >= 15 is 0 Å². The molecule has 2 N–H and O–H groups in total. The number of rotatable bonds is 5. The van der Waals surface area contributed by atoms with Crippen LogP contribution in [-0.2, 0) is 12.0 Å². The van der Waals surface area contributed by atoms with Crippen molar-refractivity contribution in [2.75, 3.05) is 0 Å². The van der Waals surface area contributed by atoms with Crippen LogP contribution in [0.2, 0.25) is 5.02 Å². The van der Waals surface area contributed by atoms with Gasteiger partial charge in [-0.3, -0.25) is 14.5 Å². The molecule has 0 fully saturated rings. The summed E-state index contributed by atoms with van der Waals surface area (Å²) < 4.78 is 29.4. The number of aliphatic hydroxyl groups is 1. The van der Waals surface area contributed by atoms with Gasteiger partial charge in [0.2, 0.25) is 0 Å². The average molecular weight is 432 g/mol. The molecule has 10 heteroatoms. The molecular formula is C20H16ClF2N5O2. The van der Waals surface area contributed by atoms with Crippen molar-refractivity contribution in [3.05, 3.63) is 87.5 Å². The monoisotopic (exact) mass is 431 g/mol. The van der Waals surface area contributed by atoms with E-state index in [1.165, 1.54) is 23.3 Å². The zero-order valence-electron chi connectivity index (χ0n) is 15.7. The van der Waals surface area contributed by atoms with Gasteiger partial charge in [0.15, 0.2) is 5.82 Å². The van der Waals surface area contributed by atoms with Crippen LogP contribution in [0.3, 0.4) is 0 Å². The summed E-state index contributed by atoms with van der Waals surface area (Å²) in [5.74, 6) is -1.54. The van der Waals surface area contributed by atoms with Crippen molar-refractivity contribution in [1.29, 1.82) is 0 Å². The van der Waals surface area contributed by atoms with Crippen molar-refractivity contribution in [2.45, 2.75) is 25.0 Å². The van der Waals surface area contributed by atoms with Gasteiger partial charge >= 0.3 is 0 Å². The molecule has 2 heterocycles. The fourth-order valence-electron chi connectivity index (χ4n) is 3.48. The van der Waals surface area contributed by atoms with Crippen molar-refractivity contribution < 1.29 is 13.9 Å². The van der Waals surface area contributed by atoms with Gasteiger partial charge in [0.1, 0.15) is 23.6 Å². The third kappa shape index (κ3) is 3.46. The number of aromatic nitrogens is 5. The third-order valence-electron chi connectivity index (χ3n) is 5.14. The zero-order valence-corrected chi connectivity index (χ0v) is 16.4.